The molecule has 0 heterocycles. The van der Waals surface area contributed by atoms with Gasteiger partial charge < -0.3 is 24.8 Å². The fraction of sp³-hybridized carbons (Fsp3) is 0.692. The molecule has 2 aliphatic carbocycles. The van der Waals surface area contributed by atoms with Crippen LogP contribution in [0.4, 0.5) is 0 Å². The van der Waals surface area contributed by atoms with Crippen LogP contribution in [0.5, 0.6) is 0 Å². The number of halogens is 2. The first-order valence-electron chi connectivity index (χ1n) is 11.6. The zero-order chi connectivity index (χ0) is 19.9. The maximum absolute atomic E-state index is 2.53. The average Bonchev–Trinajstić information content (AvgIpc) is 3.35. The molecule has 0 spiro atoms. The summed E-state index contributed by atoms with van der Waals surface area (Å²) in [5.74, 6) is 0. The van der Waals surface area contributed by atoms with Gasteiger partial charge in [0.2, 0.25) is 0 Å². The van der Waals surface area contributed by atoms with Crippen molar-refractivity contribution in [3.05, 3.63) is 42.0 Å². The summed E-state index contributed by atoms with van der Waals surface area (Å²) >= 11 is -0.672. The second-order valence-corrected chi connectivity index (χ2v) is 12.2. The second kappa shape index (κ2) is 13.8. The van der Waals surface area contributed by atoms with Crippen molar-refractivity contribution in [2.45, 2.75) is 106 Å². The minimum atomic E-state index is -0.672. The Morgan fingerprint density at radius 1 is 0.655 bits per heavy atom. The van der Waals surface area contributed by atoms with Gasteiger partial charge in [-0.1, -0.05) is 0 Å². The Morgan fingerprint density at radius 3 is 1.28 bits per heavy atom. The Bertz CT molecular complexity index is 563. The van der Waals surface area contributed by atoms with Crippen molar-refractivity contribution in [2.75, 3.05) is 0 Å². The van der Waals surface area contributed by atoms with Gasteiger partial charge in [0.05, 0.1) is 0 Å². The summed E-state index contributed by atoms with van der Waals surface area (Å²) < 4.78 is 3.79. The van der Waals surface area contributed by atoms with Crippen LogP contribution in [0.15, 0.2) is 42.0 Å². The third-order valence-corrected chi connectivity index (χ3v) is 11.3. The van der Waals surface area contributed by atoms with Crippen LogP contribution < -0.4 is 24.8 Å². The second-order valence-electron chi connectivity index (χ2n) is 8.60. The molecule has 0 radical (unpaired) electrons. The van der Waals surface area contributed by atoms with Crippen molar-refractivity contribution in [1.82, 2.24) is 0 Å². The van der Waals surface area contributed by atoms with E-state index in [1.165, 1.54) is 64.2 Å². The number of hydrogen-bond acceptors (Lipinski definition) is 0. The van der Waals surface area contributed by atoms with E-state index in [-0.39, 0.29) is 24.8 Å². The predicted molar refractivity (Wildman–Crippen MR) is 117 cm³/mol. The van der Waals surface area contributed by atoms with Gasteiger partial charge in [-0.15, -0.1) is 0 Å². The van der Waals surface area contributed by atoms with Crippen LogP contribution in [-0.4, -0.2) is 0 Å². The SMILES string of the molecule is CCCC(CC)(CC)C1=[C]([Zr+2][C]2=C(C(CC)(CC)CCC)C=CC2)CC=C1.[Cl-].[Cl-]. The summed E-state index contributed by atoms with van der Waals surface area (Å²) in [6.07, 6.45) is 23.0. The van der Waals surface area contributed by atoms with Crippen molar-refractivity contribution >= 4 is 0 Å². The number of allylic oxidation sites excluding steroid dienone is 8. The first-order valence-corrected chi connectivity index (χ1v) is 14.1. The van der Waals surface area contributed by atoms with Crippen LogP contribution >= 0.6 is 0 Å². The Hall–Kier alpha value is 0.423. The first-order chi connectivity index (χ1) is 13.1. The summed E-state index contributed by atoms with van der Waals surface area (Å²) in [5.41, 5.74) is 4.43. The van der Waals surface area contributed by atoms with E-state index in [0.29, 0.717) is 10.8 Å². The van der Waals surface area contributed by atoms with Crippen molar-refractivity contribution in [3.63, 3.8) is 0 Å². The average molecular weight is 517 g/mol. The molecular weight excluding hydrogens is 474 g/mol. The first kappa shape index (κ1) is 29.4. The Kier molecular flexibility index (Phi) is 14.0. The number of rotatable bonds is 12. The molecule has 0 bridgehead atoms. The summed E-state index contributed by atoms with van der Waals surface area (Å²) in [6, 6.07) is 0. The molecule has 0 nitrogen and oxygen atoms in total. The molecule has 29 heavy (non-hydrogen) atoms. The molecule has 0 amide bonds. The molecule has 0 N–H and O–H groups in total. The monoisotopic (exact) mass is 514 g/mol. The van der Waals surface area contributed by atoms with Crippen LogP contribution in [0.2, 0.25) is 0 Å². The fourth-order valence-corrected chi connectivity index (χ4v) is 9.97. The molecule has 0 fully saturated rings. The standard InChI is InChI=1S/2C13H21.2ClH.Zr/c2*1-4-11-13(5-2,6-3)12-9-7-8-10-12;;;/h2*7,9H,4-6,8,11H2,1-3H3;2*1H;/q;;;;+2/p-2. The minimum Gasteiger partial charge on any atom is -1.00 e. The fourth-order valence-electron chi connectivity index (χ4n) is 5.62. The summed E-state index contributed by atoms with van der Waals surface area (Å²) in [6.45, 7) is 14.4. The van der Waals surface area contributed by atoms with Gasteiger partial charge in [0.25, 0.3) is 0 Å². The molecule has 0 aromatic carbocycles. The molecule has 0 aromatic rings. The molecular formula is C26H42Cl2Zr. The Balaban J connectivity index is 0.00000392. The van der Waals surface area contributed by atoms with E-state index in [1.807, 2.05) is 6.56 Å². The van der Waals surface area contributed by atoms with Gasteiger partial charge in [0.1, 0.15) is 0 Å². The molecule has 0 saturated heterocycles. The van der Waals surface area contributed by atoms with Crippen molar-refractivity contribution in [1.29, 1.82) is 0 Å². The van der Waals surface area contributed by atoms with Gasteiger partial charge in [-0.2, -0.15) is 0 Å². The van der Waals surface area contributed by atoms with Gasteiger partial charge in [-0.25, -0.2) is 0 Å². The maximum Gasteiger partial charge on any atom is -1.00 e. The summed E-state index contributed by atoms with van der Waals surface area (Å²) in [4.78, 5) is 0. The van der Waals surface area contributed by atoms with Crippen LogP contribution in [0.3, 0.4) is 0 Å². The topological polar surface area (TPSA) is 0 Å². The zero-order valence-electron chi connectivity index (χ0n) is 19.6. The smallest absolute Gasteiger partial charge is 1.00 e. The predicted octanol–water partition coefficient (Wildman–Crippen LogP) is 2.72. The molecule has 0 aromatic heterocycles. The molecule has 2 aliphatic rings. The summed E-state index contributed by atoms with van der Waals surface area (Å²) in [5, 5.41) is 0. The normalized spacial score (nSPS) is 16.2. The Labute approximate surface area is 205 Å². The Morgan fingerprint density at radius 2 is 1.00 bits per heavy atom. The van der Waals surface area contributed by atoms with E-state index in [0.717, 1.165) is 0 Å². The van der Waals surface area contributed by atoms with E-state index >= 15 is 0 Å². The molecule has 164 valence electrons. The summed E-state index contributed by atoms with van der Waals surface area (Å²) in [7, 11) is 0. The van der Waals surface area contributed by atoms with Gasteiger partial charge in [0.15, 0.2) is 0 Å². The minimum absolute atomic E-state index is 0. The van der Waals surface area contributed by atoms with E-state index < -0.39 is 23.2 Å². The van der Waals surface area contributed by atoms with E-state index in [1.54, 1.807) is 11.1 Å². The zero-order valence-corrected chi connectivity index (χ0v) is 23.6. The van der Waals surface area contributed by atoms with Crippen LogP contribution in [0.25, 0.3) is 0 Å². The maximum atomic E-state index is 2.53. The van der Waals surface area contributed by atoms with E-state index in [4.69, 9.17) is 0 Å². The van der Waals surface area contributed by atoms with Crippen LogP contribution in [-0.2, 0) is 23.2 Å². The number of hydrogen-bond donors (Lipinski definition) is 0. The van der Waals surface area contributed by atoms with Gasteiger partial charge in [-0.3, -0.25) is 0 Å². The third kappa shape index (κ3) is 6.23. The largest absolute Gasteiger partial charge is 1.00 e. The van der Waals surface area contributed by atoms with Crippen molar-refractivity contribution in [2.24, 2.45) is 10.8 Å². The molecule has 0 atom stereocenters. The molecule has 0 unspecified atom stereocenters. The van der Waals surface area contributed by atoms with Gasteiger partial charge in [0, 0.05) is 0 Å². The van der Waals surface area contributed by atoms with E-state index in [2.05, 4.69) is 65.8 Å². The quantitative estimate of drug-likeness (QED) is 0.374. The van der Waals surface area contributed by atoms with Crippen molar-refractivity contribution < 1.29 is 48.0 Å². The van der Waals surface area contributed by atoms with Crippen molar-refractivity contribution in [3.8, 4) is 0 Å². The third-order valence-electron chi connectivity index (χ3n) is 7.47. The molecule has 0 aliphatic heterocycles. The van der Waals surface area contributed by atoms with Gasteiger partial charge in [-0.05, 0) is 0 Å². The van der Waals surface area contributed by atoms with Crippen LogP contribution in [0, 0.1) is 10.8 Å². The molecule has 3 heteroatoms. The van der Waals surface area contributed by atoms with Crippen LogP contribution in [0.1, 0.15) is 106 Å². The van der Waals surface area contributed by atoms with E-state index in [9.17, 15) is 0 Å². The molecule has 0 saturated carbocycles. The van der Waals surface area contributed by atoms with Gasteiger partial charge >= 0.3 is 182 Å². The molecule has 2 rings (SSSR count).